The Morgan fingerprint density at radius 3 is 2.53 bits per heavy atom. The number of amides is 1. The molecule has 1 heterocycles. The summed E-state index contributed by atoms with van der Waals surface area (Å²) in [5, 5.41) is 5.90. The lowest BCUT2D eigenvalue weighted by atomic mass is 9.89. The molecule has 2 N–H and O–H groups in total. The summed E-state index contributed by atoms with van der Waals surface area (Å²) in [6.45, 7) is 4.39. The van der Waals surface area contributed by atoms with Crippen molar-refractivity contribution in [2.45, 2.75) is 38.8 Å². The van der Waals surface area contributed by atoms with Crippen LogP contribution in [0.5, 0.6) is 0 Å². The van der Waals surface area contributed by atoms with E-state index in [1.807, 2.05) is 0 Å². The van der Waals surface area contributed by atoms with Crippen molar-refractivity contribution in [3.8, 4) is 0 Å². The minimum Gasteiger partial charge on any atom is -0.354 e. The van der Waals surface area contributed by atoms with Crippen LogP contribution >= 0.6 is 0 Å². The van der Waals surface area contributed by atoms with E-state index in [0.717, 1.165) is 12.8 Å². The first-order valence-corrected chi connectivity index (χ1v) is 8.05. The van der Waals surface area contributed by atoms with Gasteiger partial charge < -0.3 is 10.6 Å². The molecule has 6 heteroatoms. The zero-order chi connectivity index (χ0) is 13.1. The summed E-state index contributed by atoms with van der Waals surface area (Å²) >= 11 is 0. The Balaban J connectivity index is 2.37. The Hall–Kier alpha value is -0.620. The van der Waals surface area contributed by atoms with E-state index in [0.29, 0.717) is 12.0 Å². The predicted octanol–water partition coefficient (Wildman–Crippen LogP) is -0.0762. The Labute approximate surface area is 103 Å². The smallest absolute Gasteiger partial charge is 0.237 e. The maximum atomic E-state index is 11.8. The molecule has 0 radical (unpaired) electrons. The van der Waals surface area contributed by atoms with Gasteiger partial charge in [-0.2, -0.15) is 0 Å². The highest BCUT2D eigenvalue weighted by molar-refractivity contribution is 7.90. The highest BCUT2D eigenvalue weighted by Crippen LogP contribution is 2.19. The minimum atomic E-state index is -3.01. The second-order valence-electron chi connectivity index (χ2n) is 5.12. The normalized spacial score (nSPS) is 29.9. The SMILES string of the molecule is CC1CC(C)NC(C(=O)NCCS(C)(=O)=O)C1. The van der Waals surface area contributed by atoms with E-state index in [1.54, 1.807) is 0 Å². The quantitative estimate of drug-likeness (QED) is 0.743. The van der Waals surface area contributed by atoms with Crippen LogP contribution in [0.1, 0.15) is 26.7 Å². The number of rotatable bonds is 4. The first-order valence-electron chi connectivity index (χ1n) is 5.99. The second-order valence-corrected chi connectivity index (χ2v) is 7.38. The molecule has 1 aliphatic heterocycles. The molecule has 5 nitrogen and oxygen atoms in total. The third-order valence-electron chi connectivity index (χ3n) is 2.97. The average molecular weight is 262 g/mol. The average Bonchev–Trinajstić information content (AvgIpc) is 2.13. The molecule has 1 saturated heterocycles. The Kier molecular flexibility index (Phi) is 4.94. The van der Waals surface area contributed by atoms with Crippen LogP contribution < -0.4 is 10.6 Å². The van der Waals surface area contributed by atoms with Crippen molar-refractivity contribution >= 4 is 15.7 Å². The highest BCUT2D eigenvalue weighted by atomic mass is 32.2. The van der Waals surface area contributed by atoms with Crippen LogP contribution in [0.3, 0.4) is 0 Å². The van der Waals surface area contributed by atoms with Gasteiger partial charge in [-0.25, -0.2) is 8.42 Å². The number of carbonyl (C=O) groups excluding carboxylic acids is 1. The molecule has 0 aromatic rings. The molecule has 1 amide bonds. The van der Waals surface area contributed by atoms with E-state index >= 15 is 0 Å². The number of hydrogen-bond acceptors (Lipinski definition) is 4. The molecule has 1 aliphatic rings. The summed E-state index contributed by atoms with van der Waals surface area (Å²) < 4.78 is 21.9. The number of nitrogens with one attached hydrogen (secondary N) is 2. The van der Waals surface area contributed by atoms with Crippen molar-refractivity contribution in [3.05, 3.63) is 0 Å². The van der Waals surface area contributed by atoms with E-state index in [2.05, 4.69) is 24.5 Å². The first kappa shape index (κ1) is 14.4. The van der Waals surface area contributed by atoms with Crippen LogP contribution in [0, 0.1) is 5.92 Å². The lowest BCUT2D eigenvalue weighted by Crippen LogP contribution is -2.52. The van der Waals surface area contributed by atoms with Crippen LogP contribution in [0.25, 0.3) is 0 Å². The molecular weight excluding hydrogens is 240 g/mol. The summed E-state index contributed by atoms with van der Waals surface area (Å²) in [5.41, 5.74) is 0. The van der Waals surface area contributed by atoms with Crippen molar-refractivity contribution in [3.63, 3.8) is 0 Å². The van der Waals surface area contributed by atoms with Crippen molar-refractivity contribution in [2.75, 3.05) is 18.6 Å². The van der Waals surface area contributed by atoms with Gasteiger partial charge in [0, 0.05) is 18.8 Å². The monoisotopic (exact) mass is 262 g/mol. The molecule has 0 bridgehead atoms. The topological polar surface area (TPSA) is 75.3 Å². The van der Waals surface area contributed by atoms with Gasteiger partial charge in [-0.15, -0.1) is 0 Å². The molecule has 0 aliphatic carbocycles. The van der Waals surface area contributed by atoms with Crippen LogP contribution in [-0.4, -0.2) is 45.0 Å². The molecule has 0 spiro atoms. The molecule has 17 heavy (non-hydrogen) atoms. The standard InChI is InChI=1S/C11H22N2O3S/c1-8-6-9(2)13-10(7-8)11(14)12-4-5-17(3,15)16/h8-10,13H,4-7H2,1-3H3,(H,12,14). The highest BCUT2D eigenvalue weighted by Gasteiger charge is 2.27. The second kappa shape index (κ2) is 5.82. The number of sulfone groups is 1. The fraction of sp³-hybridized carbons (Fsp3) is 0.909. The number of carbonyl (C=O) groups is 1. The maximum Gasteiger partial charge on any atom is 0.237 e. The lowest BCUT2D eigenvalue weighted by molar-refractivity contribution is -0.124. The van der Waals surface area contributed by atoms with Gasteiger partial charge in [-0.1, -0.05) is 6.92 Å². The third-order valence-corrected chi connectivity index (χ3v) is 3.91. The lowest BCUT2D eigenvalue weighted by Gasteiger charge is -2.32. The van der Waals surface area contributed by atoms with E-state index in [-0.39, 0.29) is 24.2 Å². The summed E-state index contributed by atoms with van der Waals surface area (Å²) in [4.78, 5) is 11.8. The predicted molar refractivity (Wildman–Crippen MR) is 67.5 cm³/mol. The molecular formula is C11H22N2O3S. The molecule has 0 saturated carbocycles. The molecule has 100 valence electrons. The largest absolute Gasteiger partial charge is 0.354 e. The van der Waals surface area contributed by atoms with E-state index in [9.17, 15) is 13.2 Å². The number of hydrogen-bond donors (Lipinski definition) is 2. The minimum absolute atomic E-state index is 0.00341. The number of piperidine rings is 1. The van der Waals surface area contributed by atoms with E-state index < -0.39 is 9.84 Å². The Morgan fingerprint density at radius 2 is 2.00 bits per heavy atom. The van der Waals surface area contributed by atoms with Gasteiger partial charge in [0.1, 0.15) is 9.84 Å². The van der Waals surface area contributed by atoms with Crippen LogP contribution in [0.4, 0.5) is 0 Å². The zero-order valence-corrected chi connectivity index (χ0v) is 11.5. The van der Waals surface area contributed by atoms with E-state index in [1.165, 1.54) is 6.26 Å². The first-order chi connectivity index (χ1) is 7.78. The summed E-state index contributed by atoms with van der Waals surface area (Å²) in [5.74, 6) is 0.431. The van der Waals surface area contributed by atoms with Gasteiger partial charge >= 0.3 is 0 Å². The van der Waals surface area contributed by atoms with Gasteiger partial charge in [0.2, 0.25) is 5.91 Å². The Bertz CT molecular complexity index is 357. The zero-order valence-electron chi connectivity index (χ0n) is 10.7. The van der Waals surface area contributed by atoms with Gasteiger partial charge in [0.15, 0.2) is 0 Å². The van der Waals surface area contributed by atoms with Crippen molar-refractivity contribution in [1.29, 1.82) is 0 Å². The van der Waals surface area contributed by atoms with Crippen molar-refractivity contribution < 1.29 is 13.2 Å². The summed E-state index contributed by atoms with van der Waals surface area (Å²) in [6, 6.07) is 0.151. The molecule has 1 rings (SSSR count). The molecule has 0 aromatic carbocycles. The van der Waals surface area contributed by atoms with Crippen LogP contribution in [0.15, 0.2) is 0 Å². The van der Waals surface area contributed by atoms with Gasteiger partial charge in [0.05, 0.1) is 11.8 Å². The Morgan fingerprint density at radius 1 is 1.35 bits per heavy atom. The molecule has 3 atom stereocenters. The van der Waals surface area contributed by atoms with Crippen molar-refractivity contribution in [1.82, 2.24) is 10.6 Å². The fourth-order valence-corrected chi connectivity index (χ4v) is 2.72. The molecule has 0 aromatic heterocycles. The fourth-order valence-electron chi connectivity index (χ4n) is 2.25. The molecule has 3 unspecified atom stereocenters. The van der Waals surface area contributed by atoms with E-state index in [4.69, 9.17) is 0 Å². The van der Waals surface area contributed by atoms with Crippen LogP contribution in [-0.2, 0) is 14.6 Å². The van der Waals surface area contributed by atoms with Gasteiger partial charge in [-0.3, -0.25) is 4.79 Å². The van der Waals surface area contributed by atoms with Gasteiger partial charge in [-0.05, 0) is 25.7 Å². The summed E-state index contributed by atoms with van der Waals surface area (Å²) in [7, 11) is -3.01. The third kappa shape index (κ3) is 5.50. The van der Waals surface area contributed by atoms with Gasteiger partial charge in [0.25, 0.3) is 0 Å². The maximum absolute atomic E-state index is 11.8. The molecule has 1 fully saturated rings. The van der Waals surface area contributed by atoms with Crippen LogP contribution in [0.2, 0.25) is 0 Å². The van der Waals surface area contributed by atoms with Crippen molar-refractivity contribution in [2.24, 2.45) is 5.92 Å². The summed E-state index contributed by atoms with van der Waals surface area (Å²) in [6.07, 6.45) is 3.06.